The molecule has 3 saturated heterocycles. The normalized spacial score (nSPS) is 25.7. The van der Waals surface area contributed by atoms with Crippen LogP contribution in [-0.4, -0.2) is 50.2 Å². The van der Waals surface area contributed by atoms with Gasteiger partial charge in [0.1, 0.15) is 5.75 Å². The van der Waals surface area contributed by atoms with Gasteiger partial charge in [0.25, 0.3) is 5.91 Å². The molecule has 30 heavy (non-hydrogen) atoms. The van der Waals surface area contributed by atoms with Gasteiger partial charge in [0.05, 0.1) is 16.3 Å². The second kappa shape index (κ2) is 8.56. The molecule has 4 heterocycles. The summed E-state index contributed by atoms with van der Waals surface area (Å²) in [5, 5.41) is 3.81. The minimum Gasteiger partial charge on any atom is -0.447 e. The molecule has 0 radical (unpaired) electrons. The third kappa shape index (κ3) is 4.63. The van der Waals surface area contributed by atoms with Crippen LogP contribution in [0.5, 0.6) is 10.8 Å². The van der Waals surface area contributed by atoms with Gasteiger partial charge in [-0.25, -0.2) is 8.42 Å². The fraction of sp³-hybridized carbons (Fsp3) is 0.476. The number of carbonyl (C=O) groups is 1. The highest BCUT2D eigenvalue weighted by Crippen LogP contribution is 2.34. The molecule has 1 amide bonds. The topological polar surface area (TPSA) is 87.7 Å². The van der Waals surface area contributed by atoms with Crippen molar-refractivity contribution in [1.29, 1.82) is 0 Å². The molecule has 2 bridgehead atoms. The van der Waals surface area contributed by atoms with Crippen molar-refractivity contribution in [3.8, 4) is 10.8 Å². The zero-order valence-corrected chi connectivity index (χ0v) is 18.8. The van der Waals surface area contributed by atoms with Crippen LogP contribution < -0.4 is 14.8 Å². The van der Waals surface area contributed by atoms with Crippen molar-refractivity contribution in [2.24, 2.45) is 5.92 Å². The Morgan fingerprint density at radius 3 is 2.70 bits per heavy atom. The number of benzene rings is 1. The molecule has 9 heteroatoms. The second-order valence-corrected chi connectivity index (χ2v) is 10.9. The lowest BCUT2D eigenvalue weighted by Gasteiger charge is -2.49. The molecule has 0 saturated carbocycles. The first-order chi connectivity index (χ1) is 14.3. The summed E-state index contributed by atoms with van der Waals surface area (Å²) in [6, 6.07) is 10.9. The Kier molecular flexibility index (Phi) is 6.04. The fourth-order valence-corrected chi connectivity index (χ4v) is 5.66. The quantitative estimate of drug-likeness (QED) is 0.675. The van der Waals surface area contributed by atoms with E-state index in [4.69, 9.17) is 4.74 Å². The maximum Gasteiger partial charge on any atom is 0.261 e. The predicted molar refractivity (Wildman–Crippen MR) is 119 cm³/mol. The number of thiophene rings is 1. The number of rotatable bonds is 7. The number of hydrogen-bond donors (Lipinski definition) is 2. The van der Waals surface area contributed by atoms with E-state index in [1.165, 1.54) is 11.3 Å². The first kappa shape index (κ1) is 21.1. The smallest absolute Gasteiger partial charge is 0.261 e. The van der Waals surface area contributed by atoms with E-state index in [0.717, 1.165) is 25.9 Å². The van der Waals surface area contributed by atoms with E-state index >= 15 is 0 Å². The molecule has 0 aliphatic carbocycles. The summed E-state index contributed by atoms with van der Waals surface area (Å²) in [5.41, 5.74) is 0.445. The number of hydrogen-bond acceptors (Lipinski definition) is 6. The Balaban J connectivity index is 1.40. The predicted octanol–water partition coefficient (Wildman–Crippen LogP) is 3.51. The number of ether oxygens (including phenoxy) is 1. The zero-order valence-electron chi connectivity index (χ0n) is 17.1. The van der Waals surface area contributed by atoms with Crippen LogP contribution in [0.1, 0.15) is 36.4 Å². The van der Waals surface area contributed by atoms with Crippen molar-refractivity contribution in [2.45, 2.75) is 38.8 Å². The van der Waals surface area contributed by atoms with E-state index < -0.39 is 10.0 Å². The molecule has 3 fully saturated rings. The number of anilines is 1. The lowest BCUT2D eigenvalue weighted by Crippen LogP contribution is -2.62. The van der Waals surface area contributed by atoms with Gasteiger partial charge in [0.2, 0.25) is 10.0 Å². The van der Waals surface area contributed by atoms with Gasteiger partial charge in [-0.05, 0) is 70.0 Å². The number of amides is 1. The summed E-state index contributed by atoms with van der Waals surface area (Å²) in [7, 11) is -3.35. The SMILES string of the molecule is CCS(=O)(=O)Nc1cccc(Oc2ccc(C(=O)N[C@@H]3C4CCN(CC4)[C@H]3C)s2)c1. The van der Waals surface area contributed by atoms with Crippen molar-refractivity contribution in [2.75, 3.05) is 23.6 Å². The molecule has 3 aliphatic heterocycles. The molecule has 7 nitrogen and oxygen atoms in total. The molecular weight excluding hydrogens is 422 g/mol. The van der Waals surface area contributed by atoms with Gasteiger partial charge in [-0.3, -0.25) is 14.4 Å². The van der Waals surface area contributed by atoms with Crippen molar-refractivity contribution in [1.82, 2.24) is 10.2 Å². The molecule has 5 rings (SSSR count). The van der Waals surface area contributed by atoms with Crippen molar-refractivity contribution in [3.05, 3.63) is 41.3 Å². The molecule has 0 unspecified atom stereocenters. The van der Waals surface area contributed by atoms with E-state index in [-0.39, 0.29) is 17.7 Å². The van der Waals surface area contributed by atoms with Gasteiger partial charge in [-0.1, -0.05) is 17.4 Å². The van der Waals surface area contributed by atoms with Gasteiger partial charge in [-0.15, -0.1) is 0 Å². The third-order valence-electron chi connectivity index (χ3n) is 5.99. The third-order valence-corrected chi connectivity index (χ3v) is 8.26. The number of nitrogens with one attached hydrogen (secondary N) is 2. The monoisotopic (exact) mass is 449 g/mol. The Bertz CT molecular complexity index is 1010. The van der Waals surface area contributed by atoms with Crippen molar-refractivity contribution in [3.63, 3.8) is 0 Å². The van der Waals surface area contributed by atoms with Crippen molar-refractivity contribution < 1.29 is 17.9 Å². The summed E-state index contributed by atoms with van der Waals surface area (Å²) in [6.07, 6.45) is 2.29. The Morgan fingerprint density at radius 2 is 2.00 bits per heavy atom. The average molecular weight is 450 g/mol. The minimum atomic E-state index is -3.35. The second-order valence-electron chi connectivity index (χ2n) is 7.87. The Morgan fingerprint density at radius 1 is 1.23 bits per heavy atom. The fourth-order valence-electron chi connectivity index (χ4n) is 4.26. The molecular formula is C21H27N3O4S2. The minimum absolute atomic E-state index is 0.000288. The molecule has 3 aliphatic rings. The van der Waals surface area contributed by atoms with Gasteiger partial charge in [0, 0.05) is 18.2 Å². The highest BCUT2D eigenvalue weighted by atomic mass is 32.2. The van der Waals surface area contributed by atoms with Crippen LogP contribution in [0.3, 0.4) is 0 Å². The molecule has 1 aromatic heterocycles. The lowest BCUT2D eigenvalue weighted by atomic mass is 9.79. The van der Waals surface area contributed by atoms with E-state index in [1.807, 2.05) is 0 Å². The van der Waals surface area contributed by atoms with Gasteiger partial charge in [-0.2, -0.15) is 0 Å². The first-order valence-corrected chi connectivity index (χ1v) is 12.7. The highest BCUT2D eigenvalue weighted by molar-refractivity contribution is 7.92. The molecule has 2 N–H and O–H groups in total. The summed E-state index contributed by atoms with van der Waals surface area (Å²) in [4.78, 5) is 15.9. The standard InChI is InChI=1S/C21H27N3O4S2/c1-3-30(26,27)23-16-5-4-6-17(13-16)28-19-8-7-18(29-19)21(25)22-20-14(2)24-11-9-15(20)10-12-24/h4-8,13-15,20,23H,3,9-12H2,1-2H3,(H,22,25)/t14-,20-/m0/s1. The van der Waals surface area contributed by atoms with Gasteiger partial charge < -0.3 is 10.1 Å². The number of nitrogens with zero attached hydrogens (tertiary/aromatic N) is 1. The van der Waals surface area contributed by atoms with Crippen LogP contribution in [0.25, 0.3) is 0 Å². The Hall–Kier alpha value is -2.10. The molecule has 1 aromatic carbocycles. The van der Waals surface area contributed by atoms with Crippen LogP contribution >= 0.6 is 11.3 Å². The highest BCUT2D eigenvalue weighted by Gasteiger charge is 2.40. The van der Waals surface area contributed by atoms with Gasteiger partial charge in [0.15, 0.2) is 5.06 Å². The summed E-state index contributed by atoms with van der Waals surface area (Å²) in [6.45, 7) is 6.03. The molecule has 2 aromatic rings. The summed E-state index contributed by atoms with van der Waals surface area (Å²) >= 11 is 1.28. The maximum absolute atomic E-state index is 12.8. The van der Waals surface area contributed by atoms with Crippen molar-refractivity contribution >= 4 is 33.0 Å². The summed E-state index contributed by atoms with van der Waals surface area (Å²) < 4.78 is 31.9. The van der Waals surface area contributed by atoms with Crippen LogP contribution in [0, 0.1) is 5.92 Å². The van der Waals surface area contributed by atoms with Crippen LogP contribution in [0.15, 0.2) is 36.4 Å². The number of fused-ring (bicyclic) bond motifs is 3. The van der Waals surface area contributed by atoms with E-state index in [1.54, 1.807) is 43.3 Å². The van der Waals surface area contributed by atoms with E-state index in [9.17, 15) is 13.2 Å². The van der Waals surface area contributed by atoms with Crippen LogP contribution in [0.4, 0.5) is 5.69 Å². The van der Waals surface area contributed by atoms with E-state index in [2.05, 4.69) is 21.9 Å². The largest absolute Gasteiger partial charge is 0.447 e. The van der Waals surface area contributed by atoms with Crippen LogP contribution in [0.2, 0.25) is 0 Å². The number of piperidine rings is 3. The average Bonchev–Trinajstić information content (AvgIpc) is 3.19. The molecule has 0 spiro atoms. The first-order valence-electron chi connectivity index (χ1n) is 10.3. The number of carbonyl (C=O) groups excluding carboxylic acids is 1. The van der Waals surface area contributed by atoms with E-state index in [0.29, 0.717) is 33.3 Å². The summed E-state index contributed by atoms with van der Waals surface area (Å²) in [5.74, 6) is 0.995. The van der Waals surface area contributed by atoms with Crippen LogP contribution in [-0.2, 0) is 10.0 Å². The zero-order chi connectivity index (χ0) is 21.3. The Labute approximate surface area is 181 Å². The molecule has 162 valence electrons. The molecule has 2 atom stereocenters. The van der Waals surface area contributed by atoms with Gasteiger partial charge >= 0.3 is 0 Å². The maximum atomic E-state index is 12.8. The number of sulfonamides is 1. The lowest BCUT2D eigenvalue weighted by molar-refractivity contribution is 0.0218.